The Balaban J connectivity index is 0.000000765. The van der Waals surface area contributed by atoms with Crippen LogP contribution < -0.4 is 10.6 Å². The maximum absolute atomic E-state index is 12.0. The van der Waals surface area contributed by atoms with Crippen LogP contribution in [0.3, 0.4) is 0 Å². The summed E-state index contributed by atoms with van der Waals surface area (Å²) in [6, 6.07) is 1.90. The first-order chi connectivity index (χ1) is 11.9. The lowest BCUT2D eigenvalue weighted by molar-refractivity contribution is 0.0196. The number of hydrogen-bond donors (Lipinski definition) is 1. The summed E-state index contributed by atoms with van der Waals surface area (Å²) in [6.45, 7) is 6.90. The van der Waals surface area contributed by atoms with Crippen LogP contribution in [0.5, 0.6) is 0 Å². The molecule has 1 aliphatic rings. The molecule has 1 fully saturated rings. The standard InChI is InChI=1S/C14H22ClN5O2.Cl2OS/c1-14(2,3)22-13(21)19(4)10-7-20(8-10)11-5-9(6-15)17-12(16)18-11;1-4(2)3/h5,10H,6-8H2,1-4H3,(H2,16,17,18);. The topological polar surface area (TPSA) is 102 Å². The zero-order valence-corrected chi connectivity index (χ0v) is 18.0. The van der Waals surface area contributed by atoms with Gasteiger partial charge in [-0.15, -0.1) is 11.6 Å². The lowest BCUT2D eigenvalue weighted by Crippen LogP contribution is -2.60. The summed E-state index contributed by atoms with van der Waals surface area (Å²) < 4.78 is 14.4. The molecule has 8 nitrogen and oxygen atoms in total. The van der Waals surface area contributed by atoms with Gasteiger partial charge in [0.15, 0.2) is 0 Å². The number of nitrogens with zero attached hydrogens (tertiary/aromatic N) is 4. The van der Waals surface area contributed by atoms with E-state index < -0.39 is 14.8 Å². The predicted molar refractivity (Wildman–Crippen MR) is 106 cm³/mol. The number of ether oxygens (including phenoxy) is 1. The summed E-state index contributed by atoms with van der Waals surface area (Å²) in [7, 11) is 9.10. The van der Waals surface area contributed by atoms with E-state index in [1.165, 1.54) is 0 Å². The van der Waals surface area contributed by atoms with Crippen LogP contribution in [0.2, 0.25) is 0 Å². The fraction of sp³-hybridized carbons (Fsp3) is 0.643. The van der Waals surface area contributed by atoms with Gasteiger partial charge in [-0.25, -0.2) is 14.0 Å². The number of carbonyl (C=O) groups is 1. The van der Waals surface area contributed by atoms with Gasteiger partial charge in [-0.3, -0.25) is 0 Å². The lowest BCUT2D eigenvalue weighted by Gasteiger charge is -2.44. The molecule has 1 amide bonds. The summed E-state index contributed by atoms with van der Waals surface area (Å²) in [5, 5.41) is 0. The Labute approximate surface area is 169 Å². The van der Waals surface area contributed by atoms with Crippen LogP contribution in [-0.4, -0.2) is 57.0 Å². The van der Waals surface area contributed by atoms with E-state index >= 15 is 0 Å². The van der Waals surface area contributed by atoms with Gasteiger partial charge < -0.3 is 20.3 Å². The summed E-state index contributed by atoms with van der Waals surface area (Å²) in [5.74, 6) is 1.23. The number of anilines is 2. The van der Waals surface area contributed by atoms with Crippen LogP contribution in [0, 0.1) is 0 Å². The molecule has 0 radical (unpaired) electrons. The first-order valence-electron chi connectivity index (χ1n) is 7.57. The van der Waals surface area contributed by atoms with Gasteiger partial charge in [0.2, 0.25) is 15.2 Å². The minimum atomic E-state index is -1.67. The van der Waals surface area contributed by atoms with Crippen molar-refractivity contribution in [2.45, 2.75) is 38.3 Å². The maximum Gasteiger partial charge on any atom is 0.410 e. The Morgan fingerprint density at radius 1 is 1.42 bits per heavy atom. The van der Waals surface area contributed by atoms with Crippen molar-refractivity contribution in [2.24, 2.45) is 0 Å². The van der Waals surface area contributed by atoms with Gasteiger partial charge in [0, 0.05) is 47.6 Å². The van der Waals surface area contributed by atoms with Gasteiger partial charge in [0.05, 0.1) is 17.6 Å². The molecule has 0 unspecified atom stereocenters. The average molecular weight is 447 g/mol. The van der Waals surface area contributed by atoms with E-state index in [0.717, 1.165) is 5.82 Å². The van der Waals surface area contributed by atoms with E-state index in [1.807, 2.05) is 31.7 Å². The number of nitrogen functional groups attached to an aromatic ring is 1. The van der Waals surface area contributed by atoms with Crippen molar-refractivity contribution in [2.75, 3.05) is 30.8 Å². The molecule has 2 rings (SSSR count). The average Bonchev–Trinajstić information content (AvgIpc) is 2.42. The number of hydrogen-bond acceptors (Lipinski definition) is 7. The fourth-order valence-corrected chi connectivity index (χ4v) is 2.24. The molecule has 1 aromatic rings. The first-order valence-corrected chi connectivity index (χ1v) is 10.9. The molecular formula is C14H22Cl3N5O3S. The zero-order chi connectivity index (χ0) is 20.1. The van der Waals surface area contributed by atoms with Gasteiger partial charge in [0.25, 0.3) is 0 Å². The van der Waals surface area contributed by atoms with E-state index in [0.29, 0.717) is 18.8 Å². The third-order valence-corrected chi connectivity index (χ3v) is 3.61. The highest BCUT2D eigenvalue weighted by atomic mass is 36.0. The van der Waals surface area contributed by atoms with Gasteiger partial charge in [-0.1, -0.05) is 0 Å². The van der Waals surface area contributed by atoms with Crippen molar-refractivity contribution in [1.29, 1.82) is 0 Å². The summed E-state index contributed by atoms with van der Waals surface area (Å²) in [6.07, 6.45) is -0.319. The summed E-state index contributed by atoms with van der Waals surface area (Å²) in [4.78, 5) is 23.9. The second-order valence-corrected chi connectivity index (χ2v) is 9.34. The van der Waals surface area contributed by atoms with Gasteiger partial charge in [-0.2, -0.15) is 4.98 Å². The zero-order valence-electron chi connectivity index (χ0n) is 14.9. The van der Waals surface area contributed by atoms with Crippen molar-refractivity contribution < 1.29 is 13.7 Å². The molecule has 2 N–H and O–H groups in total. The molecule has 0 saturated carbocycles. The van der Waals surface area contributed by atoms with Crippen molar-refractivity contribution in [1.82, 2.24) is 14.9 Å². The molecule has 1 aromatic heterocycles. The van der Waals surface area contributed by atoms with E-state index in [2.05, 4.69) is 31.3 Å². The molecule has 0 spiro atoms. The van der Waals surface area contributed by atoms with Crippen LogP contribution in [0.25, 0.3) is 0 Å². The Kier molecular flexibility index (Phi) is 8.65. The Morgan fingerprint density at radius 3 is 2.42 bits per heavy atom. The predicted octanol–water partition coefficient (Wildman–Crippen LogP) is 2.90. The molecule has 0 bridgehead atoms. The maximum atomic E-state index is 12.0. The third kappa shape index (κ3) is 7.69. The van der Waals surface area contributed by atoms with Crippen molar-refractivity contribution in [3.63, 3.8) is 0 Å². The number of carbonyl (C=O) groups excluding carboxylic acids is 1. The number of likely N-dealkylation sites (N-methyl/N-ethyl adjacent to an activating group) is 1. The largest absolute Gasteiger partial charge is 0.444 e. The summed E-state index contributed by atoms with van der Waals surface area (Å²) in [5.41, 5.74) is 5.86. The molecule has 0 atom stereocenters. The summed E-state index contributed by atoms with van der Waals surface area (Å²) >= 11 is 5.79. The number of nitrogens with two attached hydrogens (primary N) is 1. The van der Waals surface area contributed by atoms with Crippen LogP contribution >= 0.6 is 33.0 Å². The SMILES string of the molecule is CN(C(=O)OC(C)(C)C)C1CN(c2cc(CCl)nc(N)n2)C1.O=S(Cl)Cl. The highest BCUT2D eigenvalue weighted by Crippen LogP contribution is 2.24. The van der Waals surface area contributed by atoms with Crippen molar-refractivity contribution in [3.8, 4) is 0 Å². The quantitative estimate of drug-likeness (QED) is 0.562. The number of halogens is 3. The molecule has 1 saturated heterocycles. The smallest absolute Gasteiger partial charge is 0.410 e. The highest BCUT2D eigenvalue weighted by molar-refractivity contribution is 8.26. The molecule has 148 valence electrons. The molecule has 26 heavy (non-hydrogen) atoms. The second kappa shape index (κ2) is 9.77. The molecule has 2 heterocycles. The van der Waals surface area contributed by atoms with Crippen LogP contribution in [0.15, 0.2) is 6.07 Å². The van der Waals surface area contributed by atoms with Gasteiger partial charge >= 0.3 is 6.09 Å². The molecule has 0 aromatic carbocycles. The number of amides is 1. The highest BCUT2D eigenvalue weighted by Gasteiger charge is 2.35. The minimum Gasteiger partial charge on any atom is -0.444 e. The first kappa shape index (κ1) is 23.0. The number of rotatable bonds is 3. The molecular weight excluding hydrogens is 425 g/mol. The van der Waals surface area contributed by atoms with E-state index in [9.17, 15) is 4.79 Å². The molecule has 1 aliphatic heterocycles. The fourth-order valence-electron chi connectivity index (χ4n) is 2.10. The van der Waals surface area contributed by atoms with E-state index in [-0.39, 0.29) is 24.0 Å². The minimum absolute atomic E-state index is 0.0884. The monoisotopic (exact) mass is 445 g/mol. The second-order valence-electron chi connectivity index (χ2n) is 6.54. The third-order valence-electron chi connectivity index (χ3n) is 3.34. The Hall–Kier alpha value is -1.03. The van der Waals surface area contributed by atoms with Crippen LogP contribution in [-0.2, 0) is 19.8 Å². The normalized spacial score (nSPS) is 14.4. The van der Waals surface area contributed by atoms with Crippen LogP contribution in [0.1, 0.15) is 26.5 Å². The molecule has 0 aliphatic carbocycles. The lowest BCUT2D eigenvalue weighted by atomic mass is 10.1. The number of aromatic nitrogens is 2. The van der Waals surface area contributed by atoms with E-state index in [1.54, 1.807) is 11.9 Å². The van der Waals surface area contributed by atoms with Gasteiger partial charge in [-0.05, 0) is 20.8 Å². The van der Waals surface area contributed by atoms with Crippen molar-refractivity contribution >= 4 is 60.1 Å². The van der Waals surface area contributed by atoms with Crippen LogP contribution in [0.4, 0.5) is 16.6 Å². The number of alkyl halides is 1. The Morgan fingerprint density at radius 2 is 1.96 bits per heavy atom. The molecule has 12 heteroatoms. The van der Waals surface area contributed by atoms with Gasteiger partial charge in [0.1, 0.15) is 11.4 Å². The van der Waals surface area contributed by atoms with Crippen molar-refractivity contribution in [3.05, 3.63) is 11.8 Å². The van der Waals surface area contributed by atoms with E-state index in [4.69, 9.17) is 26.3 Å². The Bertz CT molecular complexity index is 649.